The van der Waals surface area contributed by atoms with Crippen LogP contribution < -0.4 is 0 Å². The van der Waals surface area contributed by atoms with Gasteiger partial charge in [-0.2, -0.15) is 0 Å². The van der Waals surface area contributed by atoms with E-state index in [1.807, 2.05) is 0 Å². The van der Waals surface area contributed by atoms with E-state index in [1.54, 1.807) is 18.1 Å². The first-order chi connectivity index (χ1) is 7.35. The van der Waals surface area contributed by atoms with Crippen LogP contribution in [0.2, 0.25) is 18.1 Å². The molecule has 0 unspecified atom stereocenters. The molecule has 0 rings (SSSR count). The molecular formula is C14H32Si. The summed E-state index contributed by atoms with van der Waals surface area (Å²) in [6.45, 7) is 6.98. The molecule has 0 aromatic carbocycles. The molecule has 0 aromatic heterocycles. The van der Waals surface area contributed by atoms with Gasteiger partial charge in [0.05, 0.1) is 0 Å². The van der Waals surface area contributed by atoms with Gasteiger partial charge in [0.2, 0.25) is 0 Å². The molecule has 0 N–H and O–H groups in total. The first-order valence-corrected chi connectivity index (χ1v) is 9.80. The summed E-state index contributed by atoms with van der Waals surface area (Å²) in [6.07, 6.45) is 11.7. The van der Waals surface area contributed by atoms with Crippen molar-refractivity contribution in [3.8, 4) is 0 Å². The predicted molar refractivity (Wildman–Crippen MR) is 75.5 cm³/mol. The second-order valence-corrected chi connectivity index (χ2v) is 8.46. The van der Waals surface area contributed by atoms with Gasteiger partial charge in [-0.15, -0.1) is 0 Å². The Morgan fingerprint density at radius 1 is 0.533 bits per heavy atom. The van der Waals surface area contributed by atoms with Gasteiger partial charge in [0.25, 0.3) is 0 Å². The van der Waals surface area contributed by atoms with Crippen molar-refractivity contribution >= 4 is 8.80 Å². The maximum atomic E-state index is 2.34. The van der Waals surface area contributed by atoms with Gasteiger partial charge >= 0.3 is 0 Å². The Morgan fingerprint density at radius 2 is 1.00 bits per heavy atom. The highest BCUT2D eigenvalue weighted by atomic mass is 28.3. The monoisotopic (exact) mass is 228 g/mol. The Labute approximate surface area is 99.5 Å². The molecule has 15 heavy (non-hydrogen) atoms. The minimum absolute atomic E-state index is 0.312. The second kappa shape index (κ2) is 12.3. The van der Waals surface area contributed by atoms with E-state index >= 15 is 0 Å². The summed E-state index contributed by atoms with van der Waals surface area (Å²) in [5, 5.41) is 0. The minimum Gasteiger partial charge on any atom is -0.0654 e. The van der Waals surface area contributed by atoms with Crippen LogP contribution in [0.25, 0.3) is 0 Å². The highest BCUT2D eigenvalue weighted by molar-refractivity contribution is 6.58. The summed E-state index contributed by atoms with van der Waals surface area (Å²) in [5.74, 6) is 0. The maximum Gasteiger partial charge on any atom is 0.0367 e. The van der Waals surface area contributed by atoms with Crippen molar-refractivity contribution in [2.45, 2.75) is 90.3 Å². The fourth-order valence-corrected chi connectivity index (χ4v) is 5.98. The Bertz CT molecular complexity index is 104. The van der Waals surface area contributed by atoms with E-state index in [2.05, 4.69) is 20.8 Å². The van der Waals surface area contributed by atoms with E-state index in [0.717, 1.165) is 0 Å². The molecular weight excluding hydrogens is 196 g/mol. The van der Waals surface area contributed by atoms with Gasteiger partial charge in [-0.3, -0.25) is 0 Å². The van der Waals surface area contributed by atoms with E-state index in [1.165, 1.54) is 51.4 Å². The lowest BCUT2D eigenvalue weighted by atomic mass is 10.2. The average Bonchev–Trinajstić information content (AvgIpc) is 2.27. The van der Waals surface area contributed by atoms with Crippen LogP contribution in [0.1, 0.15) is 72.1 Å². The number of unbranched alkanes of at least 4 members (excludes halogenated alkanes) is 5. The Morgan fingerprint density at radius 3 is 1.47 bits per heavy atom. The molecule has 92 valence electrons. The van der Waals surface area contributed by atoms with Crippen molar-refractivity contribution < 1.29 is 0 Å². The standard InChI is InChI=1S/C14H32Si/c1-4-7-10-11-14-15(12-8-5-2)13-9-6-3/h15H,4-14H2,1-3H3. The maximum absolute atomic E-state index is 2.34. The lowest BCUT2D eigenvalue weighted by Gasteiger charge is -2.14. The minimum atomic E-state index is -0.312. The smallest absolute Gasteiger partial charge is 0.0367 e. The van der Waals surface area contributed by atoms with Crippen LogP contribution in [0.5, 0.6) is 0 Å². The van der Waals surface area contributed by atoms with E-state index in [4.69, 9.17) is 0 Å². The average molecular weight is 228 g/mol. The van der Waals surface area contributed by atoms with Crippen molar-refractivity contribution in [3.05, 3.63) is 0 Å². The SMILES string of the molecule is CCCCCC[SiH](CCCC)CCCC. The van der Waals surface area contributed by atoms with E-state index < -0.39 is 0 Å². The zero-order valence-electron chi connectivity index (χ0n) is 11.4. The molecule has 0 bridgehead atoms. The molecule has 0 nitrogen and oxygen atoms in total. The van der Waals surface area contributed by atoms with Crippen molar-refractivity contribution in [1.29, 1.82) is 0 Å². The highest BCUT2D eigenvalue weighted by Gasteiger charge is 2.08. The molecule has 0 saturated carbocycles. The van der Waals surface area contributed by atoms with Gasteiger partial charge in [0.1, 0.15) is 0 Å². The largest absolute Gasteiger partial charge is 0.0654 e. The van der Waals surface area contributed by atoms with Crippen LogP contribution >= 0.6 is 0 Å². The summed E-state index contributed by atoms with van der Waals surface area (Å²) in [4.78, 5) is 0. The molecule has 1 heteroatoms. The van der Waals surface area contributed by atoms with Gasteiger partial charge in [0.15, 0.2) is 0 Å². The molecule has 0 aromatic rings. The second-order valence-electron chi connectivity index (χ2n) is 5.00. The predicted octanol–water partition coefficient (Wildman–Crippen LogP) is 5.39. The fraction of sp³-hybridized carbons (Fsp3) is 1.00. The molecule has 0 heterocycles. The summed E-state index contributed by atoms with van der Waals surface area (Å²) < 4.78 is 0. The number of hydrogen-bond acceptors (Lipinski definition) is 0. The lowest BCUT2D eigenvalue weighted by Crippen LogP contribution is -2.11. The Balaban J connectivity index is 3.49. The summed E-state index contributed by atoms with van der Waals surface area (Å²) in [7, 11) is -0.312. The van der Waals surface area contributed by atoms with Crippen LogP contribution in [0.3, 0.4) is 0 Å². The lowest BCUT2D eigenvalue weighted by molar-refractivity contribution is 0.694. The first kappa shape index (κ1) is 15.2. The Hall–Kier alpha value is 0.217. The summed E-state index contributed by atoms with van der Waals surface area (Å²) >= 11 is 0. The highest BCUT2D eigenvalue weighted by Crippen LogP contribution is 2.17. The van der Waals surface area contributed by atoms with Gasteiger partial charge in [-0.05, 0) is 0 Å². The van der Waals surface area contributed by atoms with Crippen LogP contribution in [-0.4, -0.2) is 8.80 Å². The third-order valence-electron chi connectivity index (χ3n) is 3.40. The van der Waals surface area contributed by atoms with Gasteiger partial charge < -0.3 is 0 Å². The zero-order chi connectivity index (χ0) is 11.4. The van der Waals surface area contributed by atoms with Gasteiger partial charge in [0, 0.05) is 8.80 Å². The molecule has 0 radical (unpaired) electrons. The quantitative estimate of drug-likeness (QED) is 0.328. The number of hydrogen-bond donors (Lipinski definition) is 0. The van der Waals surface area contributed by atoms with E-state index in [9.17, 15) is 0 Å². The molecule has 0 aliphatic carbocycles. The molecule has 0 aliphatic heterocycles. The number of rotatable bonds is 11. The van der Waals surface area contributed by atoms with Crippen LogP contribution in [0.4, 0.5) is 0 Å². The van der Waals surface area contributed by atoms with Crippen LogP contribution in [0, 0.1) is 0 Å². The van der Waals surface area contributed by atoms with Crippen molar-refractivity contribution in [3.63, 3.8) is 0 Å². The molecule has 0 atom stereocenters. The molecule has 0 saturated heterocycles. The first-order valence-electron chi connectivity index (χ1n) is 7.35. The zero-order valence-corrected chi connectivity index (χ0v) is 12.5. The van der Waals surface area contributed by atoms with E-state index in [-0.39, 0.29) is 8.80 Å². The van der Waals surface area contributed by atoms with Crippen LogP contribution in [0.15, 0.2) is 0 Å². The molecule has 0 spiro atoms. The topological polar surface area (TPSA) is 0 Å². The summed E-state index contributed by atoms with van der Waals surface area (Å²) in [6, 6.07) is 4.89. The van der Waals surface area contributed by atoms with Crippen molar-refractivity contribution in [1.82, 2.24) is 0 Å². The summed E-state index contributed by atoms with van der Waals surface area (Å²) in [5.41, 5.74) is 0. The third-order valence-corrected chi connectivity index (χ3v) is 7.07. The third kappa shape index (κ3) is 10.5. The van der Waals surface area contributed by atoms with Crippen LogP contribution in [-0.2, 0) is 0 Å². The van der Waals surface area contributed by atoms with Gasteiger partial charge in [-0.25, -0.2) is 0 Å². The van der Waals surface area contributed by atoms with Gasteiger partial charge in [-0.1, -0.05) is 90.3 Å². The van der Waals surface area contributed by atoms with E-state index in [0.29, 0.717) is 0 Å². The Kier molecular flexibility index (Phi) is 12.5. The molecule has 0 amide bonds. The molecule has 0 aliphatic rings. The fourth-order valence-electron chi connectivity index (χ4n) is 2.28. The normalized spacial score (nSPS) is 11.2. The van der Waals surface area contributed by atoms with Crippen molar-refractivity contribution in [2.24, 2.45) is 0 Å². The van der Waals surface area contributed by atoms with Crippen molar-refractivity contribution in [2.75, 3.05) is 0 Å². The molecule has 0 fully saturated rings.